The summed E-state index contributed by atoms with van der Waals surface area (Å²) in [5.74, 6) is 1.10. The van der Waals surface area contributed by atoms with Crippen molar-refractivity contribution in [3.05, 3.63) is 33.8 Å². The summed E-state index contributed by atoms with van der Waals surface area (Å²) in [6.07, 6.45) is 1.45. The summed E-state index contributed by atoms with van der Waals surface area (Å²) in [5, 5.41) is 11.1. The number of hydrogen-bond donors (Lipinski definition) is 1. The Balaban J connectivity index is 2.07. The monoisotopic (exact) mass is 244 g/mol. The molecule has 1 aromatic carbocycles. The maximum absolute atomic E-state index is 9.93. The first-order valence-electron chi connectivity index (χ1n) is 5.20. The van der Waals surface area contributed by atoms with E-state index in [0.29, 0.717) is 28.3 Å². The third-order valence-corrected chi connectivity index (χ3v) is 3.98. The van der Waals surface area contributed by atoms with Crippen molar-refractivity contribution < 1.29 is 5.11 Å². The first-order chi connectivity index (χ1) is 7.09. The largest absolute Gasteiger partial charge is 0.392 e. The zero-order valence-electron chi connectivity index (χ0n) is 8.58. The quantitative estimate of drug-likeness (QED) is 0.863. The summed E-state index contributed by atoms with van der Waals surface area (Å²) in [4.78, 5) is 0. The molecule has 1 aliphatic rings. The molecule has 1 saturated carbocycles. The molecule has 1 nitrogen and oxygen atoms in total. The molecule has 0 aromatic heterocycles. The lowest BCUT2D eigenvalue weighted by Crippen LogP contribution is -2.14. The van der Waals surface area contributed by atoms with Crippen molar-refractivity contribution in [2.45, 2.75) is 25.9 Å². The molecule has 3 atom stereocenters. The van der Waals surface area contributed by atoms with Crippen LogP contribution in [-0.4, -0.2) is 11.2 Å². The van der Waals surface area contributed by atoms with Crippen molar-refractivity contribution in [1.82, 2.24) is 0 Å². The van der Waals surface area contributed by atoms with Gasteiger partial charge in [0.15, 0.2) is 0 Å². The summed E-state index contributed by atoms with van der Waals surface area (Å²) in [5.41, 5.74) is 0.941. The molecule has 0 heterocycles. The second-order valence-electron chi connectivity index (χ2n) is 4.36. The van der Waals surface area contributed by atoms with E-state index in [1.807, 2.05) is 12.1 Å². The number of benzene rings is 1. The summed E-state index contributed by atoms with van der Waals surface area (Å²) in [7, 11) is 0. The van der Waals surface area contributed by atoms with Crippen LogP contribution >= 0.6 is 23.2 Å². The molecule has 15 heavy (non-hydrogen) atoms. The van der Waals surface area contributed by atoms with E-state index in [2.05, 4.69) is 6.92 Å². The highest BCUT2D eigenvalue weighted by atomic mass is 35.5. The minimum Gasteiger partial charge on any atom is -0.392 e. The Morgan fingerprint density at radius 1 is 1.47 bits per heavy atom. The number of aliphatic hydroxyl groups excluding tert-OH is 1. The highest BCUT2D eigenvalue weighted by Crippen LogP contribution is 2.42. The lowest BCUT2D eigenvalue weighted by molar-refractivity contribution is 0.146. The Kier molecular flexibility index (Phi) is 3.24. The molecule has 0 bridgehead atoms. The van der Waals surface area contributed by atoms with Crippen molar-refractivity contribution in [1.29, 1.82) is 0 Å². The predicted octanol–water partition coefficient (Wildman–Crippen LogP) is 3.55. The molecule has 0 amide bonds. The molecular formula is C12H14Cl2O. The highest BCUT2D eigenvalue weighted by Gasteiger charge is 2.38. The average molecular weight is 245 g/mol. The van der Waals surface area contributed by atoms with E-state index in [9.17, 15) is 5.11 Å². The molecule has 0 radical (unpaired) electrons. The standard InChI is InChI=1S/C12H14Cl2O/c1-7-5-9(7)11(15)6-8-3-2-4-10(13)12(8)14/h2-4,7,9,11,15H,5-6H2,1H3. The Hall–Kier alpha value is -0.240. The van der Waals surface area contributed by atoms with Crippen LogP contribution in [0, 0.1) is 11.8 Å². The minimum absolute atomic E-state index is 0.282. The first kappa shape index (κ1) is 11.3. The van der Waals surface area contributed by atoms with Crippen molar-refractivity contribution >= 4 is 23.2 Å². The number of aliphatic hydroxyl groups is 1. The van der Waals surface area contributed by atoms with Gasteiger partial charge in [-0.15, -0.1) is 0 Å². The zero-order valence-corrected chi connectivity index (χ0v) is 10.1. The van der Waals surface area contributed by atoms with Gasteiger partial charge in [-0.05, 0) is 29.9 Å². The maximum atomic E-state index is 9.93. The molecule has 1 aromatic rings. The summed E-state index contributed by atoms with van der Waals surface area (Å²) in [6, 6.07) is 5.55. The highest BCUT2D eigenvalue weighted by molar-refractivity contribution is 6.42. The molecule has 82 valence electrons. The molecule has 0 spiro atoms. The maximum Gasteiger partial charge on any atom is 0.0625 e. The van der Waals surface area contributed by atoms with E-state index >= 15 is 0 Å². The fourth-order valence-electron chi connectivity index (χ4n) is 1.97. The Morgan fingerprint density at radius 2 is 2.13 bits per heavy atom. The van der Waals surface area contributed by atoms with Crippen LogP contribution in [0.1, 0.15) is 18.9 Å². The van der Waals surface area contributed by atoms with Crippen LogP contribution in [0.3, 0.4) is 0 Å². The fraction of sp³-hybridized carbons (Fsp3) is 0.500. The summed E-state index contributed by atoms with van der Waals surface area (Å²) >= 11 is 12.0. The fourth-order valence-corrected chi connectivity index (χ4v) is 2.37. The van der Waals surface area contributed by atoms with Gasteiger partial charge >= 0.3 is 0 Å². The number of rotatable bonds is 3. The summed E-state index contributed by atoms with van der Waals surface area (Å²) in [6.45, 7) is 2.16. The smallest absolute Gasteiger partial charge is 0.0625 e. The van der Waals surface area contributed by atoms with Gasteiger partial charge < -0.3 is 5.11 Å². The van der Waals surface area contributed by atoms with Gasteiger partial charge in [0.05, 0.1) is 16.1 Å². The van der Waals surface area contributed by atoms with Crippen molar-refractivity contribution in [3.63, 3.8) is 0 Å². The van der Waals surface area contributed by atoms with Gasteiger partial charge in [0.2, 0.25) is 0 Å². The van der Waals surface area contributed by atoms with Crippen molar-refractivity contribution in [2.24, 2.45) is 11.8 Å². The molecule has 2 rings (SSSR count). The van der Waals surface area contributed by atoms with E-state index in [1.165, 1.54) is 0 Å². The van der Waals surface area contributed by atoms with Gasteiger partial charge in [0.1, 0.15) is 0 Å². The van der Waals surface area contributed by atoms with Crippen LogP contribution in [0.15, 0.2) is 18.2 Å². The van der Waals surface area contributed by atoms with E-state index < -0.39 is 0 Å². The number of hydrogen-bond acceptors (Lipinski definition) is 1. The van der Waals surface area contributed by atoms with E-state index in [1.54, 1.807) is 6.07 Å². The molecule has 1 aliphatic carbocycles. The number of halogens is 2. The molecule has 1 fully saturated rings. The van der Waals surface area contributed by atoms with Crippen LogP contribution in [-0.2, 0) is 6.42 Å². The van der Waals surface area contributed by atoms with Crippen LogP contribution in [0.5, 0.6) is 0 Å². The van der Waals surface area contributed by atoms with Gasteiger partial charge in [-0.1, -0.05) is 42.3 Å². The van der Waals surface area contributed by atoms with Crippen LogP contribution in [0.25, 0.3) is 0 Å². The zero-order chi connectivity index (χ0) is 11.0. The molecule has 0 saturated heterocycles. The third kappa shape index (κ3) is 2.47. The topological polar surface area (TPSA) is 20.2 Å². The van der Waals surface area contributed by atoms with Gasteiger partial charge in [0.25, 0.3) is 0 Å². The molecule has 1 N–H and O–H groups in total. The van der Waals surface area contributed by atoms with Crippen LogP contribution in [0.2, 0.25) is 10.0 Å². The Bertz CT molecular complexity index is 365. The van der Waals surface area contributed by atoms with Crippen LogP contribution < -0.4 is 0 Å². The third-order valence-electron chi connectivity index (χ3n) is 3.13. The predicted molar refractivity (Wildman–Crippen MR) is 63.4 cm³/mol. The normalized spacial score (nSPS) is 26.4. The van der Waals surface area contributed by atoms with Crippen LogP contribution in [0.4, 0.5) is 0 Å². The van der Waals surface area contributed by atoms with Gasteiger partial charge in [-0.3, -0.25) is 0 Å². The lowest BCUT2D eigenvalue weighted by Gasteiger charge is -2.11. The van der Waals surface area contributed by atoms with Crippen molar-refractivity contribution in [2.75, 3.05) is 0 Å². The Labute approximate surface area is 100 Å². The van der Waals surface area contributed by atoms with Gasteiger partial charge in [-0.25, -0.2) is 0 Å². The minimum atomic E-state index is -0.282. The summed E-state index contributed by atoms with van der Waals surface area (Å²) < 4.78 is 0. The van der Waals surface area contributed by atoms with E-state index in [0.717, 1.165) is 12.0 Å². The lowest BCUT2D eigenvalue weighted by atomic mass is 10.0. The van der Waals surface area contributed by atoms with E-state index in [4.69, 9.17) is 23.2 Å². The molecule has 3 unspecified atom stereocenters. The first-order valence-corrected chi connectivity index (χ1v) is 5.96. The van der Waals surface area contributed by atoms with Crippen molar-refractivity contribution in [3.8, 4) is 0 Å². The second-order valence-corrected chi connectivity index (χ2v) is 5.15. The Morgan fingerprint density at radius 3 is 2.73 bits per heavy atom. The molecular weight excluding hydrogens is 231 g/mol. The van der Waals surface area contributed by atoms with Gasteiger partial charge in [-0.2, -0.15) is 0 Å². The molecule has 3 heteroatoms. The second kappa shape index (κ2) is 4.32. The van der Waals surface area contributed by atoms with E-state index in [-0.39, 0.29) is 6.10 Å². The average Bonchev–Trinajstić information content (AvgIpc) is 2.91. The SMILES string of the molecule is CC1CC1C(O)Cc1cccc(Cl)c1Cl. The van der Waals surface area contributed by atoms with Gasteiger partial charge in [0, 0.05) is 6.42 Å². The molecule has 0 aliphatic heterocycles.